The van der Waals surface area contributed by atoms with Gasteiger partial charge in [0.25, 0.3) is 0 Å². The van der Waals surface area contributed by atoms with Crippen molar-refractivity contribution in [2.45, 2.75) is 12.8 Å². The molecule has 0 radical (unpaired) electrons. The average Bonchev–Trinajstić information content (AvgIpc) is 3.51. The van der Waals surface area contributed by atoms with Gasteiger partial charge in [-0.2, -0.15) is 18.4 Å². The average molecular weight is 445 g/mol. The Bertz CT molecular complexity index is 1020. The Balaban J connectivity index is 0.00000320. The van der Waals surface area contributed by atoms with Crippen LogP contribution in [0.1, 0.15) is 23.2 Å². The Morgan fingerprint density at radius 2 is 1.67 bits per heavy atom. The van der Waals surface area contributed by atoms with Crippen molar-refractivity contribution in [2.24, 2.45) is 5.92 Å². The third-order valence-electron chi connectivity index (χ3n) is 3.93. The number of ether oxygens (including phenoxy) is 2. The van der Waals surface area contributed by atoms with Crippen LogP contribution in [-0.4, -0.2) is 74.0 Å². The van der Waals surface area contributed by atoms with Gasteiger partial charge in [-0.25, -0.2) is 9.52 Å². The Kier molecular flexibility index (Phi) is 8.01. The van der Waals surface area contributed by atoms with Gasteiger partial charge >= 0.3 is 45.8 Å². The van der Waals surface area contributed by atoms with Gasteiger partial charge in [0.05, 0.1) is 26.0 Å². The molecule has 11 nitrogen and oxygen atoms in total. The number of methoxy groups -OCH3 is 2. The van der Waals surface area contributed by atoms with Gasteiger partial charge in [-0.15, -0.1) is 0 Å². The van der Waals surface area contributed by atoms with E-state index in [0.717, 1.165) is 12.8 Å². The summed E-state index contributed by atoms with van der Waals surface area (Å²) in [5.41, 5.74) is 0.339. The zero-order chi connectivity index (χ0) is 21.0. The van der Waals surface area contributed by atoms with Crippen LogP contribution in [0.25, 0.3) is 0 Å². The summed E-state index contributed by atoms with van der Waals surface area (Å²) in [5.74, 6) is -0.221. The number of amides is 2. The Morgan fingerprint density at radius 1 is 1.07 bits per heavy atom. The van der Waals surface area contributed by atoms with E-state index in [2.05, 4.69) is 20.0 Å². The van der Waals surface area contributed by atoms with Crippen LogP contribution in [0.15, 0.2) is 30.3 Å². The van der Waals surface area contributed by atoms with Crippen LogP contribution >= 0.6 is 0 Å². The summed E-state index contributed by atoms with van der Waals surface area (Å²) >= 11 is 0. The number of aromatic nitrogens is 2. The summed E-state index contributed by atoms with van der Waals surface area (Å²) in [7, 11) is -1.61. The molecule has 0 unspecified atom stereocenters. The fraction of sp³-hybridized carbons (Fsp3) is 0.294. The number of hydrogen-bond donors (Lipinski definition) is 3. The molecule has 2 amide bonds. The molecule has 1 heterocycles. The third-order valence-corrected chi connectivity index (χ3v) is 4.88. The van der Waals surface area contributed by atoms with Gasteiger partial charge in [0.2, 0.25) is 17.7 Å². The first kappa shape index (κ1) is 23.9. The number of para-hydroxylation sites is 1. The molecule has 1 aromatic carbocycles. The SMILES string of the molecule is COc1cc(OC)nc(NC(=O)NS(=O)(=O)Nc2ccccc2C(=O)C2CC2)n1.[NaH]. The molecule has 156 valence electrons. The minimum atomic E-state index is -4.33. The van der Waals surface area contributed by atoms with Crippen LogP contribution in [0.3, 0.4) is 0 Å². The molecule has 0 spiro atoms. The first-order valence-corrected chi connectivity index (χ1v) is 10.0. The summed E-state index contributed by atoms with van der Waals surface area (Å²) < 4.78 is 38.5. The molecule has 3 N–H and O–H groups in total. The van der Waals surface area contributed by atoms with E-state index in [1.165, 1.54) is 32.4 Å². The fourth-order valence-corrected chi connectivity index (χ4v) is 3.25. The molecule has 0 atom stereocenters. The maximum absolute atomic E-state index is 12.3. The third kappa shape index (κ3) is 6.29. The molecule has 0 bridgehead atoms. The Morgan fingerprint density at radius 3 is 2.23 bits per heavy atom. The second kappa shape index (κ2) is 10.1. The number of nitrogens with zero attached hydrogens (tertiary/aromatic N) is 2. The van der Waals surface area contributed by atoms with E-state index in [9.17, 15) is 18.0 Å². The van der Waals surface area contributed by atoms with Gasteiger partial charge in [-0.05, 0) is 25.0 Å². The van der Waals surface area contributed by atoms with E-state index in [4.69, 9.17) is 9.47 Å². The van der Waals surface area contributed by atoms with E-state index in [-0.39, 0.29) is 70.2 Å². The van der Waals surface area contributed by atoms with Crippen LogP contribution in [0.2, 0.25) is 0 Å². The molecule has 1 aliphatic rings. The van der Waals surface area contributed by atoms with E-state index < -0.39 is 16.2 Å². The standard InChI is InChI=1S/C17H19N5O6S.Na.H/c1-27-13-9-14(28-2)19-16(18-13)20-17(24)22-29(25,26)21-12-6-4-3-5-11(12)15(23)10-7-8-10;;/h3-6,9-10,21H,7-8H2,1-2H3,(H2,18,19,20,22,24);;. The first-order valence-electron chi connectivity index (χ1n) is 8.53. The zero-order valence-electron chi connectivity index (χ0n) is 15.6. The van der Waals surface area contributed by atoms with Crippen molar-refractivity contribution in [2.75, 3.05) is 24.3 Å². The summed E-state index contributed by atoms with van der Waals surface area (Å²) in [6.45, 7) is 0. The monoisotopic (exact) mass is 445 g/mol. The summed E-state index contributed by atoms with van der Waals surface area (Å²) in [6.07, 6.45) is 1.56. The number of benzene rings is 1. The van der Waals surface area contributed by atoms with Crippen molar-refractivity contribution >= 4 is 63.2 Å². The van der Waals surface area contributed by atoms with Crippen LogP contribution < -0.4 is 24.2 Å². The fourth-order valence-electron chi connectivity index (χ4n) is 2.44. The van der Waals surface area contributed by atoms with Gasteiger partial charge in [-0.1, -0.05) is 12.1 Å². The molecule has 2 aromatic rings. The number of nitrogens with one attached hydrogen (secondary N) is 3. The minimum absolute atomic E-state index is 0. The van der Waals surface area contributed by atoms with Crippen molar-refractivity contribution in [1.29, 1.82) is 0 Å². The molecule has 0 aliphatic heterocycles. The Labute approximate surface area is 195 Å². The van der Waals surface area contributed by atoms with Crippen LogP contribution in [0.5, 0.6) is 11.8 Å². The van der Waals surface area contributed by atoms with Gasteiger partial charge in [0.15, 0.2) is 5.78 Å². The molecule has 1 saturated carbocycles. The number of carbonyl (C=O) groups excluding carboxylic acids is 2. The zero-order valence-corrected chi connectivity index (χ0v) is 16.4. The van der Waals surface area contributed by atoms with E-state index in [1.54, 1.807) is 16.9 Å². The van der Waals surface area contributed by atoms with Crippen LogP contribution in [0, 0.1) is 5.92 Å². The topological polar surface area (TPSA) is 149 Å². The second-order valence-corrected chi connectivity index (χ2v) is 7.54. The normalized spacial score (nSPS) is 12.9. The number of carbonyl (C=O) groups is 2. The predicted molar refractivity (Wildman–Crippen MR) is 110 cm³/mol. The van der Waals surface area contributed by atoms with E-state index in [0.29, 0.717) is 0 Å². The number of ketones is 1. The van der Waals surface area contributed by atoms with Gasteiger partial charge in [-0.3, -0.25) is 14.8 Å². The van der Waals surface area contributed by atoms with Gasteiger partial charge in [0.1, 0.15) is 0 Å². The number of Topliss-reactive ketones (excluding diaryl/α,β-unsaturated/α-hetero) is 1. The summed E-state index contributed by atoms with van der Waals surface area (Å²) in [6, 6.07) is 6.48. The van der Waals surface area contributed by atoms with Crippen LogP contribution in [-0.2, 0) is 10.2 Å². The molecule has 13 heteroatoms. The quantitative estimate of drug-likeness (QED) is 0.401. The molecular formula is C17H20N5NaO6S. The summed E-state index contributed by atoms with van der Waals surface area (Å²) in [4.78, 5) is 32.2. The maximum atomic E-state index is 12.3. The van der Waals surface area contributed by atoms with Crippen molar-refractivity contribution < 1.29 is 27.5 Å². The molecule has 1 aromatic heterocycles. The van der Waals surface area contributed by atoms with Crippen molar-refractivity contribution in [1.82, 2.24) is 14.7 Å². The summed E-state index contributed by atoms with van der Waals surface area (Å²) in [5, 5.41) is 2.18. The second-order valence-electron chi connectivity index (χ2n) is 6.12. The van der Waals surface area contributed by atoms with E-state index >= 15 is 0 Å². The van der Waals surface area contributed by atoms with Gasteiger partial charge in [0, 0.05) is 11.5 Å². The van der Waals surface area contributed by atoms with Crippen molar-refractivity contribution in [3.63, 3.8) is 0 Å². The van der Waals surface area contributed by atoms with Gasteiger partial charge < -0.3 is 9.47 Å². The molecule has 30 heavy (non-hydrogen) atoms. The number of anilines is 2. The number of hydrogen-bond acceptors (Lipinski definition) is 8. The molecular weight excluding hydrogens is 425 g/mol. The molecule has 0 saturated heterocycles. The molecule has 1 aliphatic carbocycles. The van der Waals surface area contributed by atoms with Crippen LogP contribution in [0.4, 0.5) is 16.4 Å². The first-order chi connectivity index (χ1) is 13.8. The Hall–Kier alpha value is -2.41. The number of rotatable bonds is 8. The van der Waals surface area contributed by atoms with E-state index in [1.807, 2.05) is 0 Å². The van der Waals surface area contributed by atoms with Crippen molar-refractivity contribution in [3.8, 4) is 11.8 Å². The molecule has 3 rings (SSSR count). The predicted octanol–water partition coefficient (Wildman–Crippen LogP) is 0.916. The van der Waals surface area contributed by atoms with Crippen molar-refractivity contribution in [3.05, 3.63) is 35.9 Å². The molecule has 1 fully saturated rings. The number of urea groups is 1.